The number of rotatable bonds is 18. The second-order valence-electron chi connectivity index (χ2n) is 7.82. The van der Waals surface area contributed by atoms with E-state index in [4.69, 9.17) is 34.7 Å². The summed E-state index contributed by atoms with van der Waals surface area (Å²) in [5.41, 5.74) is 10.7. The monoisotopic (exact) mass is 488 g/mol. The maximum Gasteiger partial charge on any atom is 0.242 e. The van der Waals surface area contributed by atoms with Crippen molar-refractivity contribution in [3.8, 4) is 0 Å². The molecule has 0 aliphatic carbocycles. The highest BCUT2D eigenvalue weighted by atomic mass is 35.5. The molecule has 1 rings (SSSR count). The molecule has 9 nitrogen and oxygen atoms in total. The lowest BCUT2D eigenvalue weighted by molar-refractivity contribution is -0.122. The maximum absolute atomic E-state index is 12.7. The van der Waals surface area contributed by atoms with E-state index in [1.807, 2.05) is 0 Å². The Labute approximate surface area is 201 Å². The highest BCUT2D eigenvalue weighted by molar-refractivity contribution is 6.31. The van der Waals surface area contributed by atoms with Crippen LogP contribution in [0.3, 0.4) is 0 Å². The Bertz CT molecular complexity index is 666. The number of nitrogens with zero attached hydrogens (tertiary/aromatic N) is 4. The molecular weight excluding hydrogens is 451 g/mol. The number of unbranched alkanes of at least 4 members (excludes halogenated alkanes) is 9. The van der Waals surface area contributed by atoms with Gasteiger partial charge in [0.25, 0.3) is 0 Å². The molecule has 0 bridgehead atoms. The van der Waals surface area contributed by atoms with Gasteiger partial charge in [-0.2, -0.15) is 15.0 Å². The average Bonchev–Trinajstić information content (AvgIpc) is 2.73. The van der Waals surface area contributed by atoms with Crippen molar-refractivity contribution < 1.29 is 4.79 Å². The Morgan fingerprint density at radius 1 is 0.906 bits per heavy atom. The van der Waals surface area contributed by atoms with Crippen LogP contribution in [0.4, 0.5) is 5.95 Å². The molecule has 0 aliphatic rings. The Morgan fingerprint density at radius 3 is 2.03 bits per heavy atom. The van der Waals surface area contributed by atoms with Crippen molar-refractivity contribution in [2.75, 3.05) is 18.4 Å². The zero-order valence-electron chi connectivity index (χ0n) is 19.1. The molecule has 1 atom stereocenters. The van der Waals surface area contributed by atoms with Crippen molar-refractivity contribution in [1.82, 2.24) is 20.3 Å². The summed E-state index contributed by atoms with van der Waals surface area (Å²) in [6, 6.07) is -0.568. The average molecular weight is 489 g/mol. The van der Waals surface area contributed by atoms with Gasteiger partial charge in [-0.05, 0) is 42.5 Å². The van der Waals surface area contributed by atoms with E-state index in [0.29, 0.717) is 25.9 Å². The molecule has 0 aromatic carbocycles. The zero-order valence-corrected chi connectivity index (χ0v) is 20.6. The second-order valence-corrected chi connectivity index (χ2v) is 8.49. The van der Waals surface area contributed by atoms with Crippen LogP contribution in [0, 0.1) is 0 Å². The van der Waals surface area contributed by atoms with Crippen LogP contribution in [0.25, 0.3) is 0 Å². The van der Waals surface area contributed by atoms with Gasteiger partial charge < -0.3 is 22.1 Å². The molecule has 0 saturated carbocycles. The normalized spacial score (nSPS) is 11.7. The van der Waals surface area contributed by atoms with Crippen LogP contribution in [-0.2, 0) is 4.79 Å². The zero-order chi connectivity index (χ0) is 23.6. The number of hydrogen-bond acceptors (Lipinski definition) is 6. The first kappa shape index (κ1) is 28.2. The SMILES string of the molecule is CCCCCCCCCCCCNC(=O)C(CCCN=C(N)N)Nc1nc(Cl)nc(Cl)n1. The van der Waals surface area contributed by atoms with E-state index >= 15 is 0 Å². The van der Waals surface area contributed by atoms with E-state index in [1.54, 1.807) is 0 Å². The standard InChI is InChI=1S/C21H38Cl2N8O/c1-2-3-4-5-6-7-8-9-10-11-14-26-17(32)16(13-12-15-27-20(24)25)28-21-30-18(22)29-19(23)31-21/h16H,2-15H2,1H3,(H,26,32)(H4,24,25,27)(H,28,29,30,31). The van der Waals surface area contributed by atoms with E-state index in [9.17, 15) is 4.79 Å². The molecule has 6 N–H and O–H groups in total. The van der Waals surface area contributed by atoms with Crippen molar-refractivity contribution in [2.45, 2.75) is 90.0 Å². The third-order valence-electron chi connectivity index (χ3n) is 4.98. The van der Waals surface area contributed by atoms with Gasteiger partial charge in [0.05, 0.1) is 0 Å². The molecule has 32 heavy (non-hydrogen) atoms. The van der Waals surface area contributed by atoms with Crippen LogP contribution in [0.5, 0.6) is 0 Å². The number of aliphatic imine (C=N–C) groups is 1. The lowest BCUT2D eigenvalue weighted by atomic mass is 10.1. The summed E-state index contributed by atoms with van der Waals surface area (Å²) in [5, 5.41) is 5.88. The largest absolute Gasteiger partial charge is 0.370 e. The maximum atomic E-state index is 12.7. The number of hydrogen-bond donors (Lipinski definition) is 4. The van der Waals surface area contributed by atoms with E-state index in [0.717, 1.165) is 12.8 Å². The van der Waals surface area contributed by atoms with Gasteiger partial charge in [0.2, 0.25) is 22.4 Å². The molecule has 1 unspecified atom stereocenters. The number of carbonyl (C=O) groups is 1. The molecule has 1 aromatic heterocycles. The molecule has 0 spiro atoms. The number of nitrogens with one attached hydrogen (secondary N) is 2. The molecule has 0 radical (unpaired) electrons. The number of amides is 1. The minimum absolute atomic E-state index is 0.0240. The minimum Gasteiger partial charge on any atom is -0.370 e. The number of halogens is 2. The summed E-state index contributed by atoms with van der Waals surface area (Å²) in [6.45, 7) is 3.28. The third-order valence-corrected chi connectivity index (χ3v) is 5.31. The first-order valence-corrected chi connectivity index (χ1v) is 12.3. The molecule has 0 saturated heterocycles. The van der Waals surface area contributed by atoms with Gasteiger partial charge in [0, 0.05) is 13.1 Å². The minimum atomic E-state index is -0.568. The molecular formula is C21H38Cl2N8O. The van der Waals surface area contributed by atoms with Crippen molar-refractivity contribution in [3.05, 3.63) is 10.6 Å². The fourth-order valence-corrected chi connectivity index (χ4v) is 3.63. The fraction of sp³-hybridized carbons (Fsp3) is 0.762. The molecule has 182 valence electrons. The highest BCUT2D eigenvalue weighted by Gasteiger charge is 2.19. The van der Waals surface area contributed by atoms with Crippen LogP contribution < -0.4 is 22.1 Å². The quantitative estimate of drug-likeness (QED) is 0.138. The molecule has 1 aromatic rings. The summed E-state index contributed by atoms with van der Waals surface area (Å²) in [7, 11) is 0. The van der Waals surface area contributed by atoms with Crippen LogP contribution in [-0.4, -0.2) is 46.0 Å². The van der Waals surface area contributed by atoms with Gasteiger partial charge in [-0.15, -0.1) is 0 Å². The van der Waals surface area contributed by atoms with Gasteiger partial charge in [-0.1, -0.05) is 64.7 Å². The molecule has 0 aliphatic heterocycles. The second kappa shape index (κ2) is 17.7. The Hall–Kier alpha value is -1.87. The fourth-order valence-electron chi connectivity index (χ4n) is 3.27. The van der Waals surface area contributed by atoms with Crippen LogP contribution >= 0.6 is 23.2 Å². The number of nitrogens with two attached hydrogens (primary N) is 2. The van der Waals surface area contributed by atoms with Crippen LogP contribution in [0.15, 0.2) is 4.99 Å². The first-order valence-electron chi connectivity index (χ1n) is 11.6. The third kappa shape index (κ3) is 14.2. The lowest BCUT2D eigenvalue weighted by Crippen LogP contribution is -2.40. The summed E-state index contributed by atoms with van der Waals surface area (Å²) >= 11 is 11.7. The highest BCUT2D eigenvalue weighted by Crippen LogP contribution is 2.13. The van der Waals surface area contributed by atoms with Crippen molar-refractivity contribution in [2.24, 2.45) is 16.5 Å². The van der Waals surface area contributed by atoms with Gasteiger partial charge in [0.1, 0.15) is 6.04 Å². The Morgan fingerprint density at radius 2 is 1.47 bits per heavy atom. The number of carbonyl (C=O) groups excluding carboxylic acids is 1. The molecule has 1 amide bonds. The summed E-state index contributed by atoms with van der Waals surface area (Å²) in [5.74, 6) is 0.0326. The van der Waals surface area contributed by atoms with Gasteiger partial charge >= 0.3 is 0 Å². The summed E-state index contributed by atoms with van der Waals surface area (Å²) in [4.78, 5) is 28.3. The smallest absolute Gasteiger partial charge is 0.242 e. The summed E-state index contributed by atoms with van der Waals surface area (Å²) < 4.78 is 0. The number of anilines is 1. The van der Waals surface area contributed by atoms with Crippen LogP contribution in [0.2, 0.25) is 10.6 Å². The Balaban J connectivity index is 2.37. The molecule has 11 heteroatoms. The van der Waals surface area contributed by atoms with E-state index in [1.165, 1.54) is 51.4 Å². The number of aromatic nitrogens is 3. The molecule has 0 fully saturated rings. The Kier molecular flexibility index (Phi) is 15.5. The summed E-state index contributed by atoms with van der Waals surface area (Å²) in [6.07, 6.45) is 13.6. The number of guanidine groups is 1. The van der Waals surface area contributed by atoms with Crippen LogP contribution in [0.1, 0.15) is 84.0 Å². The van der Waals surface area contributed by atoms with Gasteiger partial charge in [-0.25, -0.2) is 0 Å². The van der Waals surface area contributed by atoms with E-state index < -0.39 is 6.04 Å². The first-order chi connectivity index (χ1) is 15.4. The lowest BCUT2D eigenvalue weighted by Gasteiger charge is -2.18. The predicted octanol–water partition coefficient (Wildman–Crippen LogP) is 4.05. The van der Waals surface area contributed by atoms with Crippen molar-refractivity contribution in [3.63, 3.8) is 0 Å². The van der Waals surface area contributed by atoms with E-state index in [-0.39, 0.29) is 28.4 Å². The van der Waals surface area contributed by atoms with Gasteiger partial charge in [-0.3, -0.25) is 9.79 Å². The van der Waals surface area contributed by atoms with E-state index in [2.05, 4.69) is 37.5 Å². The van der Waals surface area contributed by atoms with Crippen molar-refractivity contribution >= 4 is 41.0 Å². The van der Waals surface area contributed by atoms with Gasteiger partial charge in [0.15, 0.2) is 5.96 Å². The predicted molar refractivity (Wildman–Crippen MR) is 132 cm³/mol. The molecule has 1 heterocycles. The van der Waals surface area contributed by atoms with Crippen molar-refractivity contribution in [1.29, 1.82) is 0 Å². The topological polar surface area (TPSA) is 144 Å².